The SMILES string of the molecule is Oc1ccc(/C=C/c2c(CCc3ccc(CNC[C@]4(C5=NCN=C5)CCC[C@@]56CCC[C@@H]5CC[C@H](O)[C@H]46)cc3)c(O)c(O)c3c(O)cccc23)cc1O. The highest BCUT2D eigenvalue weighted by Gasteiger charge is 2.63. The van der Waals surface area contributed by atoms with Crippen molar-refractivity contribution >= 4 is 34.9 Å². The molecule has 7 N–H and O–H groups in total. The van der Waals surface area contributed by atoms with Gasteiger partial charge in [0.2, 0.25) is 0 Å². The first-order valence-corrected chi connectivity index (χ1v) is 19.1. The van der Waals surface area contributed by atoms with Gasteiger partial charge in [0.15, 0.2) is 23.0 Å². The zero-order chi connectivity index (χ0) is 36.7. The van der Waals surface area contributed by atoms with E-state index in [9.17, 15) is 30.6 Å². The zero-order valence-corrected chi connectivity index (χ0v) is 30.0. The molecule has 4 aromatic rings. The Labute approximate surface area is 310 Å². The number of benzene rings is 4. The molecule has 53 heavy (non-hydrogen) atoms. The first kappa shape index (κ1) is 35.2. The summed E-state index contributed by atoms with van der Waals surface area (Å²) in [5.41, 5.74) is 5.09. The number of phenols is 5. The molecule has 3 fully saturated rings. The molecule has 1 spiro atoms. The van der Waals surface area contributed by atoms with Gasteiger partial charge in [0, 0.05) is 36.2 Å². The number of hydrogen-bond donors (Lipinski definition) is 7. The molecule has 0 saturated heterocycles. The van der Waals surface area contributed by atoms with E-state index in [2.05, 4.69) is 34.6 Å². The normalized spacial score (nSPS) is 26.6. The maximum absolute atomic E-state index is 11.6. The molecule has 0 radical (unpaired) electrons. The van der Waals surface area contributed by atoms with Gasteiger partial charge in [-0.05, 0) is 109 Å². The summed E-state index contributed by atoms with van der Waals surface area (Å²) >= 11 is 0. The van der Waals surface area contributed by atoms with Crippen LogP contribution in [-0.2, 0) is 19.4 Å². The first-order chi connectivity index (χ1) is 25.7. The van der Waals surface area contributed by atoms with Crippen LogP contribution in [0.4, 0.5) is 0 Å². The number of aliphatic imine (C=N–C) groups is 2. The topological polar surface area (TPSA) is 158 Å². The van der Waals surface area contributed by atoms with Crippen LogP contribution in [0.15, 0.2) is 70.6 Å². The number of hydrogen-bond acceptors (Lipinski definition) is 9. The van der Waals surface area contributed by atoms with E-state index < -0.39 is 0 Å². The van der Waals surface area contributed by atoms with Crippen molar-refractivity contribution in [1.29, 1.82) is 0 Å². The summed E-state index contributed by atoms with van der Waals surface area (Å²) in [6.07, 6.45) is 15.4. The monoisotopic (exact) mass is 715 g/mol. The van der Waals surface area contributed by atoms with Crippen molar-refractivity contribution < 1.29 is 30.6 Å². The predicted molar refractivity (Wildman–Crippen MR) is 209 cm³/mol. The molecule has 5 atom stereocenters. The van der Waals surface area contributed by atoms with Crippen molar-refractivity contribution in [2.24, 2.45) is 32.7 Å². The van der Waals surface area contributed by atoms with Gasteiger partial charge in [0.25, 0.3) is 0 Å². The number of aromatic hydroxyl groups is 5. The Hall–Kier alpha value is -4.86. The Kier molecular flexibility index (Phi) is 9.41. The van der Waals surface area contributed by atoms with Crippen LogP contribution in [0.25, 0.3) is 22.9 Å². The quantitative estimate of drug-likeness (QED) is 0.0657. The number of nitrogens with zero attached hydrogens (tertiary/aromatic N) is 2. The molecule has 0 unspecified atom stereocenters. The van der Waals surface area contributed by atoms with Gasteiger partial charge in [0.05, 0.1) is 17.2 Å². The summed E-state index contributed by atoms with van der Waals surface area (Å²) < 4.78 is 0. The fourth-order valence-corrected chi connectivity index (χ4v) is 10.7. The largest absolute Gasteiger partial charge is 0.507 e. The standard InChI is InChI=1S/C44H49N3O6/c48-34-17-13-28(22-37(34)51)12-15-31-32-5-1-6-35(49)39(32)41(53)40(52)33(31)16-11-27-7-9-29(10-8-27)23-45-25-44(38-24-46-26-47-38)21-3-20-43-19-2-4-30(43)14-18-36(50)42(43)44/h1,5-10,12-13,15,17,22,24,30,36,42,45,48-53H,2-4,11,14,16,18-21,23,25-26H2/b15-12+/t30-,36+,42+,43+,44+/m1/s1. The van der Waals surface area contributed by atoms with Crippen LogP contribution < -0.4 is 5.32 Å². The molecular weight excluding hydrogens is 666 g/mol. The molecule has 1 aliphatic heterocycles. The lowest BCUT2D eigenvalue weighted by molar-refractivity contribution is -0.124. The van der Waals surface area contributed by atoms with E-state index >= 15 is 0 Å². The molecule has 3 saturated carbocycles. The number of aryl methyl sites for hydroxylation is 1. The smallest absolute Gasteiger partial charge is 0.169 e. The third-order valence-electron chi connectivity index (χ3n) is 13.0. The summed E-state index contributed by atoms with van der Waals surface area (Å²) in [6.45, 7) is 1.93. The fourth-order valence-electron chi connectivity index (χ4n) is 10.7. The lowest BCUT2D eigenvalue weighted by Crippen LogP contribution is -2.61. The highest BCUT2D eigenvalue weighted by atomic mass is 16.3. The fraction of sp³-hybridized carbons (Fsp3) is 0.409. The number of nitrogens with one attached hydrogen (secondary N) is 1. The highest BCUT2D eigenvalue weighted by molar-refractivity contribution is 6.34. The number of fused-ring (bicyclic) bond motifs is 1. The molecule has 276 valence electrons. The summed E-state index contributed by atoms with van der Waals surface area (Å²) in [5.74, 6) is -0.346. The Morgan fingerprint density at radius 3 is 2.38 bits per heavy atom. The zero-order valence-electron chi connectivity index (χ0n) is 30.0. The minimum atomic E-state index is -0.366. The average Bonchev–Trinajstić information content (AvgIpc) is 3.85. The summed E-state index contributed by atoms with van der Waals surface area (Å²) in [5, 5.41) is 68.8. The number of phenolic OH excluding ortho intramolecular Hbond substituents is 5. The van der Waals surface area contributed by atoms with Crippen LogP contribution in [-0.4, -0.2) is 61.9 Å². The van der Waals surface area contributed by atoms with Crippen molar-refractivity contribution in [2.75, 3.05) is 13.2 Å². The van der Waals surface area contributed by atoms with Crippen molar-refractivity contribution in [3.05, 3.63) is 88.5 Å². The third-order valence-corrected chi connectivity index (χ3v) is 13.0. The van der Waals surface area contributed by atoms with Crippen LogP contribution in [0.1, 0.15) is 79.2 Å². The van der Waals surface area contributed by atoms with Gasteiger partial charge in [-0.2, -0.15) is 0 Å². The van der Waals surface area contributed by atoms with E-state index in [1.807, 2.05) is 6.21 Å². The van der Waals surface area contributed by atoms with Crippen LogP contribution in [0.2, 0.25) is 0 Å². The first-order valence-electron chi connectivity index (χ1n) is 19.1. The molecule has 9 heteroatoms. The van der Waals surface area contributed by atoms with Gasteiger partial charge < -0.3 is 36.0 Å². The van der Waals surface area contributed by atoms with Crippen molar-refractivity contribution in [1.82, 2.24) is 5.32 Å². The van der Waals surface area contributed by atoms with Gasteiger partial charge in [-0.25, -0.2) is 0 Å². The maximum Gasteiger partial charge on any atom is 0.169 e. The van der Waals surface area contributed by atoms with E-state index in [4.69, 9.17) is 4.99 Å². The lowest BCUT2D eigenvalue weighted by atomic mass is 9.45. The minimum absolute atomic E-state index is 0.140. The second-order valence-corrected chi connectivity index (χ2v) is 15.7. The lowest BCUT2D eigenvalue weighted by Gasteiger charge is -2.60. The molecule has 4 aromatic carbocycles. The average molecular weight is 716 g/mol. The van der Waals surface area contributed by atoms with Crippen LogP contribution >= 0.6 is 0 Å². The minimum Gasteiger partial charge on any atom is -0.507 e. The van der Waals surface area contributed by atoms with Crippen molar-refractivity contribution in [3.8, 4) is 28.7 Å². The second kappa shape index (κ2) is 14.2. The molecule has 3 aliphatic carbocycles. The summed E-state index contributed by atoms with van der Waals surface area (Å²) in [7, 11) is 0. The molecule has 0 bridgehead atoms. The maximum atomic E-state index is 11.6. The molecule has 1 heterocycles. The summed E-state index contributed by atoms with van der Waals surface area (Å²) in [4.78, 5) is 9.41. The number of rotatable bonds is 10. The molecule has 0 amide bonds. The van der Waals surface area contributed by atoms with E-state index in [-0.39, 0.29) is 57.0 Å². The van der Waals surface area contributed by atoms with Gasteiger partial charge >= 0.3 is 0 Å². The van der Waals surface area contributed by atoms with E-state index in [1.165, 1.54) is 43.9 Å². The van der Waals surface area contributed by atoms with Crippen molar-refractivity contribution in [3.63, 3.8) is 0 Å². The van der Waals surface area contributed by atoms with E-state index in [0.717, 1.165) is 49.1 Å². The van der Waals surface area contributed by atoms with Crippen molar-refractivity contribution in [2.45, 2.75) is 76.9 Å². The molecular formula is C44H49N3O6. The van der Waals surface area contributed by atoms with E-state index in [0.29, 0.717) is 54.0 Å². The molecule has 8 rings (SSSR count). The predicted octanol–water partition coefficient (Wildman–Crippen LogP) is 7.62. The summed E-state index contributed by atoms with van der Waals surface area (Å²) in [6, 6.07) is 17.9. The number of aliphatic hydroxyl groups excluding tert-OH is 1. The second-order valence-electron chi connectivity index (χ2n) is 15.7. The number of aliphatic hydroxyl groups is 1. The van der Waals surface area contributed by atoms with Crippen LogP contribution in [0.5, 0.6) is 28.7 Å². The Morgan fingerprint density at radius 2 is 1.58 bits per heavy atom. The highest BCUT2D eigenvalue weighted by Crippen LogP contribution is 2.66. The van der Waals surface area contributed by atoms with Crippen LogP contribution in [0, 0.1) is 22.7 Å². The third kappa shape index (κ3) is 6.23. The van der Waals surface area contributed by atoms with Gasteiger partial charge in [-0.15, -0.1) is 0 Å². The Morgan fingerprint density at radius 1 is 0.774 bits per heavy atom. The van der Waals surface area contributed by atoms with Gasteiger partial charge in [-0.3, -0.25) is 9.98 Å². The Bertz CT molecular complexity index is 2110. The van der Waals surface area contributed by atoms with Gasteiger partial charge in [0.1, 0.15) is 12.4 Å². The van der Waals surface area contributed by atoms with Crippen LogP contribution in [0.3, 0.4) is 0 Å². The molecule has 9 nitrogen and oxygen atoms in total. The molecule has 4 aliphatic rings. The Balaban J connectivity index is 0.998. The van der Waals surface area contributed by atoms with E-state index in [1.54, 1.807) is 30.4 Å². The van der Waals surface area contributed by atoms with Gasteiger partial charge in [-0.1, -0.05) is 67.5 Å². The molecule has 0 aromatic heterocycles.